The Morgan fingerprint density at radius 1 is 1.24 bits per heavy atom. The van der Waals surface area contributed by atoms with Crippen LogP contribution in [-0.4, -0.2) is 42.9 Å². The minimum Gasteiger partial charge on any atom is -0.343 e. The van der Waals surface area contributed by atoms with Crippen LogP contribution >= 0.6 is 0 Å². The van der Waals surface area contributed by atoms with Crippen LogP contribution in [0.15, 0.2) is 24.3 Å². The molecule has 0 atom stereocenters. The van der Waals surface area contributed by atoms with Crippen LogP contribution in [0, 0.1) is 6.92 Å². The molecular formula is C16H23N3O2. The molecule has 2 rings (SSSR count). The molecule has 2 amide bonds. The third-order valence-electron chi connectivity index (χ3n) is 3.56. The maximum absolute atomic E-state index is 11.8. The van der Waals surface area contributed by atoms with Crippen molar-refractivity contribution >= 4 is 17.5 Å². The molecule has 5 nitrogen and oxygen atoms in total. The van der Waals surface area contributed by atoms with Crippen molar-refractivity contribution in [3.63, 3.8) is 0 Å². The summed E-state index contributed by atoms with van der Waals surface area (Å²) in [7, 11) is 0. The molecule has 0 aliphatic carbocycles. The van der Waals surface area contributed by atoms with Gasteiger partial charge in [-0.3, -0.25) is 9.59 Å². The van der Waals surface area contributed by atoms with E-state index in [9.17, 15) is 9.59 Å². The molecule has 1 aromatic rings. The molecule has 2 N–H and O–H groups in total. The molecule has 1 saturated heterocycles. The normalized spacial score (nSPS) is 14.2. The van der Waals surface area contributed by atoms with E-state index in [1.54, 1.807) is 0 Å². The number of hydrogen-bond acceptors (Lipinski definition) is 3. The maximum atomic E-state index is 11.8. The van der Waals surface area contributed by atoms with Crippen molar-refractivity contribution in [1.82, 2.24) is 10.2 Å². The average Bonchev–Trinajstić information content (AvgIpc) is 2.97. The summed E-state index contributed by atoms with van der Waals surface area (Å²) in [5.74, 6) is 0.0910. The standard InChI is InChI=1S/C16H23N3O2/c1-13-5-4-6-14(11-13)18-15(20)12-17-8-7-16(21)19-9-2-3-10-19/h4-6,11,17H,2-3,7-10,12H2,1H3,(H,18,20). The maximum Gasteiger partial charge on any atom is 0.238 e. The first-order valence-corrected chi connectivity index (χ1v) is 7.50. The van der Waals surface area contributed by atoms with Gasteiger partial charge in [0.15, 0.2) is 0 Å². The Hall–Kier alpha value is -1.88. The molecule has 1 fully saturated rings. The number of nitrogens with one attached hydrogen (secondary N) is 2. The van der Waals surface area contributed by atoms with Gasteiger partial charge in [-0.2, -0.15) is 0 Å². The molecule has 21 heavy (non-hydrogen) atoms. The molecule has 1 aliphatic rings. The highest BCUT2D eigenvalue weighted by molar-refractivity contribution is 5.92. The third-order valence-corrected chi connectivity index (χ3v) is 3.56. The van der Waals surface area contributed by atoms with E-state index in [-0.39, 0.29) is 18.4 Å². The van der Waals surface area contributed by atoms with Crippen molar-refractivity contribution < 1.29 is 9.59 Å². The summed E-state index contributed by atoms with van der Waals surface area (Å²) < 4.78 is 0. The van der Waals surface area contributed by atoms with Crippen LogP contribution in [0.25, 0.3) is 0 Å². The van der Waals surface area contributed by atoms with Crippen molar-refractivity contribution in [3.8, 4) is 0 Å². The lowest BCUT2D eigenvalue weighted by molar-refractivity contribution is -0.130. The number of hydrogen-bond donors (Lipinski definition) is 2. The van der Waals surface area contributed by atoms with E-state index in [2.05, 4.69) is 10.6 Å². The second kappa shape index (κ2) is 7.78. The number of carbonyl (C=O) groups is 2. The van der Waals surface area contributed by atoms with Gasteiger partial charge in [0.1, 0.15) is 0 Å². The molecule has 0 unspecified atom stereocenters. The van der Waals surface area contributed by atoms with Crippen molar-refractivity contribution in [3.05, 3.63) is 29.8 Å². The van der Waals surface area contributed by atoms with E-state index < -0.39 is 0 Å². The van der Waals surface area contributed by atoms with E-state index in [4.69, 9.17) is 0 Å². The van der Waals surface area contributed by atoms with Gasteiger partial charge < -0.3 is 15.5 Å². The number of benzene rings is 1. The van der Waals surface area contributed by atoms with Gasteiger partial charge in [0.05, 0.1) is 6.54 Å². The molecule has 1 aliphatic heterocycles. The fourth-order valence-corrected chi connectivity index (χ4v) is 2.45. The van der Waals surface area contributed by atoms with Crippen LogP contribution in [0.3, 0.4) is 0 Å². The Morgan fingerprint density at radius 2 is 2.00 bits per heavy atom. The summed E-state index contributed by atoms with van der Waals surface area (Å²) in [5, 5.41) is 5.84. The molecule has 1 heterocycles. The van der Waals surface area contributed by atoms with Crippen LogP contribution in [-0.2, 0) is 9.59 Å². The SMILES string of the molecule is Cc1cccc(NC(=O)CNCCC(=O)N2CCCC2)c1. The van der Waals surface area contributed by atoms with Gasteiger partial charge in [0.2, 0.25) is 11.8 Å². The second-order valence-corrected chi connectivity index (χ2v) is 5.43. The Balaban J connectivity index is 1.62. The van der Waals surface area contributed by atoms with Gasteiger partial charge in [-0.15, -0.1) is 0 Å². The highest BCUT2D eigenvalue weighted by Crippen LogP contribution is 2.09. The number of likely N-dealkylation sites (tertiary alicyclic amines) is 1. The van der Waals surface area contributed by atoms with Crippen molar-refractivity contribution in [2.45, 2.75) is 26.2 Å². The van der Waals surface area contributed by atoms with E-state index >= 15 is 0 Å². The Labute approximate surface area is 125 Å². The minimum atomic E-state index is -0.0887. The number of carbonyl (C=O) groups excluding carboxylic acids is 2. The Morgan fingerprint density at radius 3 is 2.71 bits per heavy atom. The summed E-state index contributed by atoms with van der Waals surface area (Å²) in [6.07, 6.45) is 2.67. The fraction of sp³-hybridized carbons (Fsp3) is 0.500. The van der Waals surface area contributed by atoms with E-state index in [0.717, 1.165) is 37.2 Å². The number of rotatable bonds is 6. The fourth-order valence-electron chi connectivity index (χ4n) is 2.45. The monoisotopic (exact) mass is 289 g/mol. The number of aryl methyl sites for hydroxylation is 1. The Bertz CT molecular complexity index is 496. The number of anilines is 1. The lowest BCUT2D eigenvalue weighted by Crippen LogP contribution is -2.33. The van der Waals surface area contributed by atoms with Crippen molar-refractivity contribution in [2.75, 3.05) is 31.5 Å². The second-order valence-electron chi connectivity index (χ2n) is 5.43. The minimum absolute atomic E-state index is 0.0887. The summed E-state index contributed by atoms with van der Waals surface area (Å²) in [4.78, 5) is 25.5. The Kier molecular flexibility index (Phi) is 5.75. The predicted molar refractivity (Wildman–Crippen MR) is 83.1 cm³/mol. The highest BCUT2D eigenvalue weighted by Gasteiger charge is 2.16. The zero-order chi connectivity index (χ0) is 15.1. The quantitative estimate of drug-likeness (QED) is 0.781. The van der Waals surface area contributed by atoms with Crippen LogP contribution in [0.1, 0.15) is 24.8 Å². The summed E-state index contributed by atoms with van der Waals surface area (Å²) >= 11 is 0. The van der Waals surface area contributed by atoms with Crippen LogP contribution in [0.5, 0.6) is 0 Å². The van der Waals surface area contributed by atoms with E-state index in [1.165, 1.54) is 0 Å². The topological polar surface area (TPSA) is 61.4 Å². The molecule has 114 valence electrons. The van der Waals surface area contributed by atoms with Crippen molar-refractivity contribution in [1.29, 1.82) is 0 Å². The summed E-state index contributed by atoms with van der Waals surface area (Å²) in [6.45, 7) is 4.51. The first-order chi connectivity index (χ1) is 10.1. The zero-order valence-corrected chi connectivity index (χ0v) is 12.5. The van der Waals surface area contributed by atoms with Gasteiger partial charge in [-0.1, -0.05) is 12.1 Å². The van der Waals surface area contributed by atoms with Gasteiger partial charge in [0.25, 0.3) is 0 Å². The summed E-state index contributed by atoms with van der Waals surface area (Å²) in [5.41, 5.74) is 1.91. The highest BCUT2D eigenvalue weighted by atomic mass is 16.2. The first kappa shape index (κ1) is 15.5. The molecule has 0 bridgehead atoms. The molecular weight excluding hydrogens is 266 g/mol. The lowest BCUT2D eigenvalue weighted by Gasteiger charge is -2.15. The van der Waals surface area contributed by atoms with Gasteiger partial charge >= 0.3 is 0 Å². The summed E-state index contributed by atoms with van der Waals surface area (Å²) in [6, 6.07) is 7.68. The molecule has 1 aromatic carbocycles. The third kappa shape index (κ3) is 5.19. The average molecular weight is 289 g/mol. The first-order valence-electron chi connectivity index (χ1n) is 7.50. The van der Waals surface area contributed by atoms with Gasteiger partial charge in [-0.05, 0) is 37.5 Å². The molecule has 5 heteroatoms. The predicted octanol–water partition coefficient (Wildman–Crippen LogP) is 1.54. The van der Waals surface area contributed by atoms with Gasteiger partial charge in [0, 0.05) is 31.7 Å². The van der Waals surface area contributed by atoms with E-state index in [0.29, 0.717) is 13.0 Å². The molecule has 0 saturated carbocycles. The molecule has 0 radical (unpaired) electrons. The number of nitrogens with zero attached hydrogens (tertiary/aromatic N) is 1. The smallest absolute Gasteiger partial charge is 0.238 e. The largest absolute Gasteiger partial charge is 0.343 e. The number of amides is 2. The molecule has 0 aromatic heterocycles. The van der Waals surface area contributed by atoms with E-state index in [1.807, 2.05) is 36.1 Å². The van der Waals surface area contributed by atoms with Crippen LogP contribution < -0.4 is 10.6 Å². The van der Waals surface area contributed by atoms with Gasteiger partial charge in [-0.25, -0.2) is 0 Å². The van der Waals surface area contributed by atoms with Crippen LogP contribution in [0.2, 0.25) is 0 Å². The zero-order valence-electron chi connectivity index (χ0n) is 12.5. The van der Waals surface area contributed by atoms with Crippen LogP contribution in [0.4, 0.5) is 5.69 Å². The molecule has 0 spiro atoms. The lowest BCUT2D eigenvalue weighted by atomic mass is 10.2. The van der Waals surface area contributed by atoms with Crippen molar-refractivity contribution in [2.24, 2.45) is 0 Å².